The van der Waals surface area contributed by atoms with Gasteiger partial charge in [-0.05, 0) is 58.2 Å². The molecule has 1 unspecified atom stereocenters. The molecular formula is C29H62NO4P. The van der Waals surface area contributed by atoms with E-state index in [0.29, 0.717) is 13.2 Å². The highest BCUT2D eigenvalue weighted by atomic mass is 31.2. The maximum atomic E-state index is 12.0. The van der Waals surface area contributed by atoms with Crippen molar-refractivity contribution in [3.05, 3.63) is 0 Å². The summed E-state index contributed by atoms with van der Waals surface area (Å²) in [4.78, 5) is 12.5. The molecule has 0 aromatic heterocycles. The Morgan fingerprint density at radius 2 is 0.771 bits per heavy atom. The van der Waals surface area contributed by atoms with Crippen molar-refractivity contribution in [1.29, 1.82) is 0 Å². The van der Waals surface area contributed by atoms with Crippen molar-refractivity contribution >= 4 is 7.82 Å². The van der Waals surface area contributed by atoms with Crippen LogP contribution in [0, 0.1) is 0 Å². The van der Waals surface area contributed by atoms with Crippen LogP contribution in [0.15, 0.2) is 0 Å². The summed E-state index contributed by atoms with van der Waals surface area (Å²) in [5.74, 6) is 0. The van der Waals surface area contributed by atoms with Crippen molar-refractivity contribution in [2.24, 2.45) is 0 Å². The third-order valence-corrected chi connectivity index (χ3v) is 7.80. The molecule has 212 valence electrons. The number of unbranched alkanes of at least 4 members (excludes halogenated alkanes) is 17. The van der Waals surface area contributed by atoms with E-state index in [1.165, 1.54) is 116 Å². The number of hydrogen-bond donors (Lipinski definition) is 1. The van der Waals surface area contributed by atoms with Crippen molar-refractivity contribution in [3.63, 3.8) is 0 Å². The third-order valence-electron chi connectivity index (χ3n) is 6.78. The van der Waals surface area contributed by atoms with E-state index in [4.69, 9.17) is 9.05 Å². The quantitative estimate of drug-likeness (QED) is 0.0787. The molecule has 0 heterocycles. The lowest BCUT2D eigenvalue weighted by molar-refractivity contribution is 0.144. The Balaban J connectivity index is 3.94. The first kappa shape index (κ1) is 35.1. The van der Waals surface area contributed by atoms with Gasteiger partial charge >= 0.3 is 7.82 Å². The monoisotopic (exact) mass is 519 g/mol. The van der Waals surface area contributed by atoms with Crippen LogP contribution in [0.5, 0.6) is 0 Å². The lowest BCUT2D eigenvalue weighted by Gasteiger charge is -2.22. The fourth-order valence-corrected chi connectivity index (χ4v) is 5.25. The third kappa shape index (κ3) is 26.9. The Morgan fingerprint density at radius 3 is 1.14 bits per heavy atom. The van der Waals surface area contributed by atoms with Crippen molar-refractivity contribution in [2.75, 3.05) is 32.8 Å². The molecule has 6 heteroatoms. The predicted molar refractivity (Wildman–Crippen MR) is 152 cm³/mol. The van der Waals surface area contributed by atoms with Crippen LogP contribution in [0.2, 0.25) is 0 Å². The highest BCUT2D eigenvalue weighted by molar-refractivity contribution is 7.47. The molecule has 0 amide bonds. The van der Waals surface area contributed by atoms with E-state index in [2.05, 4.69) is 25.7 Å². The van der Waals surface area contributed by atoms with Gasteiger partial charge < -0.3 is 9.79 Å². The molecule has 0 aromatic rings. The molecule has 5 nitrogen and oxygen atoms in total. The van der Waals surface area contributed by atoms with Gasteiger partial charge in [-0.1, -0.05) is 117 Å². The van der Waals surface area contributed by atoms with Crippen LogP contribution < -0.4 is 0 Å². The smallest absolute Gasteiger partial charge is 0.303 e. The standard InChI is InChI=1S/C29H62NO4P/c1-4-7-10-13-16-20-25-30(26-21-17-14-11-8-5-2)27-22-19-24-29-34-35(31,32)33-28-23-18-15-12-9-6-3/h4-29H2,1-3H3,(H,31,32). The minimum atomic E-state index is -3.89. The minimum Gasteiger partial charge on any atom is -0.303 e. The van der Waals surface area contributed by atoms with Gasteiger partial charge in [0.25, 0.3) is 0 Å². The van der Waals surface area contributed by atoms with Crippen molar-refractivity contribution in [2.45, 2.75) is 156 Å². The highest BCUT2D eigenvalue weighted by Crippen LogP contribution is 2.43. The average Bonchev–Trinajstić information content (AvgIpc) is 2.84. The van der Waals surface area contributed by atoms with Crippen LogP contribution in [0.25, 0.3) is 0 Å². The first-order chi connectivity index (χ1) is 17.1. The van der Waals surface area contributed by atoms with Gasteiger partial charge in [0.1, 0.15) is 0 Å². The van der Waals surface area contributed by atoms with Gasteiger partial charge in [0.2, 0.25) is 0 Å². The summed E-state index contributed by atoms with van der Waals surface area (Å²) in [6.45, 7) is 10.9. The molecule has 0 aliphatic heterocycles. The van der Waals surface area contributed by atoms with E-state index in [1.807, 2.05) is 0 Å². The van der Waals surface area contributed by atoms with Gasteiger partial charge in [-0.3, -0.25) is 9.05 Å². The first-order valence-corrected chi connectivity index (χ1v) is 16.9. The normalized spacial score (nSPS) is 13.5. The van der Waals surface area contributed by atoms with Gasteiger partial charge in [0, 0.05) is 0 Å². The van der Waals surface area contributed by atoms with E-state index in [0.717, 1.165) is 38.6 Å². The molecule has 0 aliphatic carbocycles. The van der Waals surface area contributed by atoms with Gasteiger partial charge in [0.15, 0.2) is 0 Å². The Bertz CT molecular complexity index is 448. The van der Waals surface area contributed by atoms with Crippen LogP contribution in [0.4, 0.5) is 0 Å². The molecule has 0 aromatic carbocycles. The Labute approximate surface area is 219 Å². The second kappa shape index (κ2) is 27.1. The van der Waals surface area contributed by atoms with Gasteiger partial charge in [-0.15, -0.1) is 0 Å². The molecule has 0 aliphatic rings. The molecule has 1 N–H and O–H groups in total. The molecular weight excluding hydrogens is 457 g/mol. The molecule has 1 atom stereocenters. The Hall–Kier alpha value is 0.0700. The van der Waals surface area contributed by atoms with Crippen LogP contribution in [-0.4, -0.2) is 42.6 Å². The van der Waals surface area contributed by atoms with E-state index in [9.17, 15) is 9.46 Å². The summed E-state index contributed by atoms with van der Waals surface area (Å²) in [6.07, 6.45) is 25.9. The Morgan fingerprint density at radius 1 is 0.486 bits per heavy atom. The van der Waals surface area contributed by atoms with Crippen LogP contribution in [0.3, 0.4) is 0 Å². The summed E-state index contributed by atoms with van der Waals surface area (Å²) in [5, 5.41) is 0. The molecule has 0 bridgehead atoms. The second-order valence-corrected chi connectivity index (χ2v) is 11.8. The fraction of sp³-hybridized carbons (Fsp3) is 1.00. The second-order valence-electron chi connectivity index (χ2n) is 10.3. The maximum Gasteiger partial charge on any atom is 0.472 e. The first-order valence-electron chi connectivity index (χ1n) is 15.4. The van der Waals surface area contributed by atoms with Crippen molar-refractivity contribution < 1.29 is 18.5 Å². The van der Waals surface area contributed by atoms with E-state index in [1.54, 1.807) is 0 Å². The average molecular weight is 520 g/mol. The van der Waals surface area contributed by atoms with Gasteiger partial charge in [-0.2, -0.15) is 0 Å². The molecule has 0 saturated carbocycles. The van der Waals surface area contributed by atoms with E-state index >= 15 is 0 Å². The summed E-state index contributed by atoms with van der Waals surface area (Å²) in [6, 6.07) is 0. The Kier molecular flexibility index (Phi) is 27.2. The summed E-state index contributed by atoms with van der Waals surface area (Å²) >= 11 is 0. The highest BCUT2D eigenvalue weighted by Gasteiger charge is 2.20. The molecule has 0 radical (unpaired) electrons. The van der Waals surface area contributed by atoms with E-state index < -0.39 is 7.82 Å². The molecule has 0 spiro atoms. The number of rotatable bonds is 29. The number of phosphoric ester groups is 1. The summed E-state index contributed by atoms with van der Waals surface area (Å²) in [5.41, 5.74) is 0. The molecule has 0 rings (SSSR count). The zero-order chi connectivity index (χ0) is 25.9. The maximum absolute atomic E-state index is 12.0. The van der Waals surface area contributed by atoms with Crippen molar-refractivity contribution in [1.82, 2.24) is 4.90 Å². The van der Waals surface area contributed by atoms with Gasteiger partial charge in [-0.25, -0.2) is 4.57 Å². The zero-order valence-electron chi connectivity index (χ0n) is 24.0. The molecule has 35 heavy (non-hydrogen) atoms. The van der Waals surface area contributed by atoms with E-state index in [-0.39, 0.29) is 0 Å². The molecule has 0 saturated heterocycles. The van der Waals surface area contributed by atoms with Crippen LogP contribution in [0.1, 0.15) is 156 Å². The topological polar surface area (TPSA) is 59.0 Å². The predicted octanol–water partition coefficient (Wildman–Crippen LogP) is 9.67. The van der Waals surface area contributed by atoms with Crippen molar-refractivity contribution in [3.8, 4) is 0 Å². The van der Waals surface area contributed by atoms with Crippen LogP contribution >= 0.6 is 7.82 Å². The van der Waals surface area contributed by atoms with Crippen LogP contribution in [-0.2, 0) is 13.6 Å². The molecule has 0 fully saturated rings. The SMILES string of the molecule is CCCCCCCCOP(=O)(O)OCCCCCN(CCCCCCCC)CCCCCCCC. The minimum absolute atomic E-state index is 0.305. The van der Waals surface area contributed by atoms with Gasteiger partial charge in [0.05, 0.1) is 13.2 Å². The fourth-order valence-electron chi connectivity index (χ4n) is 4.46. The summed E-state index contributed by atoms with van der Waals surface area (Å²) < 4.78 is 22.3. The number of phosphoric acid groups is 1. The lowest BCUT2D eigenvalue weighted by Crippen LogP contribution is -2.27. The number of hydrogen-bond acceptors (Lipinski definition) is 4. The largest absolute Gasteiger partial charge is 0.472 e. The summed E-state index contributed by atoms with van der Waals surface area (Å²) in [7, 11) is -3.89. The number of nitrogens with zero attached hydrogens (tertiary/aromatic N) is 1. The zero-order valence-corrected chi connectivity index (χ0v) is 24.8. The lowest BCUT2D eigenvalue weighted by atomic mass is 10.1.